The predicted molar refractivity (Wildman–Crippen MR) is 86.1 cm³/mol. The molecule has 3 aromatic rings. The van der Waals surface area contributed by atoms with Crippen molar-refractivity contribution in [3.05, 3.63) is 71.9 Å². The van der Waals surface area contributed by atoms with Crippen LogP contribution in [-0.2, 0) is 10.0 Å². The van der Waals surface area contributed by atoms with Gasteiger partial charge in [0.1, 0.15) is 16.5 Å². The van der Waals surface area contributed by atoms with Crippen LogP contribution in [0, 0.1) is 11.6 Å². The van der Waals surface area contributed by atoms with E-state index in [9.17, 15) is 22.0 Å². The predicted octanol–water partition coefficient (Wildman–Crippen LogP) is 2.24. The number of halogens is 2. The first-order valence-corrected chi connectivity index (χ1v) is 8.64. The van der Waals surface area contributed by atoms with Crippen LogP contribution in [0.1, 0.15) is 10.5 Å². The number of carbonyl (C=O) groups is 1. The number of hydrogen-bond acceptors (Lipinski definition) is 5. The summed E-state index contributed by atoms with van der Waals surface area (Å²) in [4.78, 5) is 12.9. The topological polar surface area (TPSA) is 101 Å². The van der Waals surface area contributed by atoms with E-state index in [2.05, 4.69) is 5.16 Å². The van der Waals surface area contributed by atoms with Gasteiger partial charge in [-0.3, -0.25) is 10.2 Å². The van der Waals surface area contributed by atoms with Gasteiger partial charge in [0.2, 0.25) is 0 Å². The Hall–Kier alpha value is -3.11. The van der Waals surface area contributed by atoms with Crippen molar-refractivity contribution < 1.29 is 26.5 Å². The van der Waals surface area contributed by atoms with Gasteiger partial charge in [-0.2, -0.15) is 0 Å². The molecule has 0 radical (unpaired) electrons. The molecule has 0 saturated carbocycles. The normalized spacial score (nSPS) is 11.3. The highest BCUT2D eigenvalue weighted by Gasteiger charge is 2.21. The van der Waals surface area contributed by atoms with Gasteiger partial charge in [-0.25, -0.2) is 17.2 Å². The second-order valence-corrected chi connectivity index (χ2v) is 6.73. The van der Waals surface area contributed by atoms with E-state index in [4.69, 9.17) is 4.52 Å². The van der Waals surface area contributed by atoms with Crippen molar-refractivity contribution in [1.82, 2.24) is 15.4 Å². The molecule has 0 aliphatic heterocycles. The Morgan fingerprint density at radius 2 is 1.77 bits per heavy atom. The molecule has 2 aromatic carbocycles. The molecule has 10 heteroatoms. The molecule has 0 aliphatic carbocycles. The lowest BCUT2D eigenvalue weighted by Crippen LogP contribution is -2.42. The number of sulfonamides is 1. The van der Waals surface area contributed by atoms with Crippen LogP contribution in [0.4, 0.5) is 8.78 Å². The SMILES string of the molecule is O=C(NNS(=O)(=O)c1ccc(F)cc1F)c1cc(-c2ccccc2)on1. The van der Waals surface area contributed by atoms with Gasteiger partial charge in [-0.05, 0) is 12.1 Å². The van der Waals surface area contributed by atoms with E-state index in [0.717, 1.165) is 12.1 Å². The molecule has 3 rings (SSSR count). The van der Waals surface area contributed by atoms with Crippen LogP contribution in [0.15, 0.2) is 64.0 Å². The summed E-state index contributed by atoms with van der Waals surface area (Å²) in [6.45, 7) is 0. The number of nitrogens with one attached hydrogen (secondary N) is 2. The van der Waals surface area contributed by atoms with Gasteiger partial charge >= 0.3 is 0 Å². The van der Waals surface area contributed by atoms with Gasteiger partial charge in [0.15, 0.2) is 11.5 Å². The van der Waals surface area contributed by atoms with E-state index in [1.807, 2.05) is 5.43 Å². The molecule has 2 N–H and O–H groups in total. The number of carbonyl (C=O) groups excluding carboxylic acids is 1. The van der Waals surface area contributed by atoms with Crippen molar-refractivity contribution in [2.24, 2.45) is 0 Å². The highest BCUT2D eigenvalue weighted by atomic mass is 32.2. The summed E-state index contributed by atoms with van der Waals surface area (Å²) in [5.41, 5.74) is 2.37. The third kappa shape index (κ3) is 3.76. The van der Waals surface area contributed by atoms with E-state index in [1.54, 1.807) is 35.2 Å². The molecule has 1 amide bonds. The summed E-state index contributed by atoms with van der Waals surface area (Å²) in [5.74, 6) is -2.83. The van der Waals surface area contributed by atoms with Crippen LogP contribution in [0.5, 0.6) is 0 Å². The molecule has 0 spiro atoms. The van der Waals surface area contributed by atoms with Crippen molar-refractivity contribution in [2.75, 3.05) is 0 Å². The average molecular weight is 379 g/mol. The Kier molecular flexibility index (Phi) is 4.78. The van der Waals surface area contributed by atoms with Gasteiger partial charge in [0, 0.05) is 17.7 Å². The van der Waals surface area contributed by atoms with Crippen LogP contribution in [0.25, 0.3) is 11.3 Å². The van der Waals surface area contributed by atoms with E-state index < -0.39 is 32.5 Å². The summed E-state index contributed by atoms with van der Waals surface area (Å²) in [7, 11) is -4.44. The maximum atomic E-state index is 13.6. The first-order valence-electron chi connectivity index (χ1n) is 7.16. The van der Waals surface area contributed by atoms with Crippen molar-refractivity contribution >= 4 is 15.9 Å². The molecule has 1 heterocycles. The maximum absolute atomic E-state index is 13.6. The van der Waals surface area contributed by atoms with Gasteiger partial charge in [0.25, 0.3) is 15.9 Å². The molecule has 7 nitrogen and oxygen atoms in total. The molecule has 1 aromatic heterocycles. The lowest BCUT2D eigenvalue weighted by atomic mass is 10.2. The van der Waals surface area contributed by atoms with Crippen molar-refractivity contribution in [1.29, 1.82) is 0 Å². The summed E-state index contributed by atoms with van der Waals surface area (Å²) >= 11 is 0. The zero-order valence-electron chi connectivity index (χ0n) is 12.9. The number of aromatic nitrogens is 1. The molecule has 0 bridgehead atoms. The van der Waals surface area contributed by atoms with Crippen LogP contribution in [0.2, 0.25) is 0 Å². The van der Waals surface area contributed by atoms with Crippen LogP contribution in [-0.4, -0.2) is 19.5 Å². The molecule has 0 aliphatic rings. The number of rotatable bonds is 5. The highest BCUT2D eigenvalue weighted by molar-refractivity contribution is 7.89. The van der Waals surface area contributed by atoms with Crippen molar-refractivity contribution in [2.45, 2.75) is 4.90 Å². The van der Waals surface area contributed by atoms with Crippen LogP contribution < -0.4 is 10.3 Å². The second-order valence-electron chi connectivity index (χ2n) is 5.08. The maximum Gasteiger partial charge on any atom is 0.288 e. The highest BCUT2D eigenvalue weighted by Crippen LogP contribution is 2.19. The lowest BCUT2D eigenvalue weighted by Gasteiger charge is -2.07. The summed E-state index contributed by atoms with van der Waals surface area (Å²) in [5, 5.41) is 3.55. The minimum absolute atomic E-state index is 0.189. The number of amides is 1. The fourth-order valence-corrected chi connectivity index (χ4v) is 2.95. The van der Waals surface area contributed by atoms with Crippen LogP contribution in [0.3, 0.4) is 0 Å². The Morgan fingerprint density at radius 1 is 1.04 bits per heavy atom. The molecule has 134 valence electrons. The summed E-state index contributed by atoms with van der Waals surface area (Å²) < 4.78 is 55.5. The van der Waals surface area contributed by atoms with Gasteiger partial charge in [-0.1, -0.05) is 35.5 Å². The summed E-state index contributed by atoms with van der Waals surface area (Å²) in [6, 6.07) is 12.1. The van der Waals surface area contributed by atoms with Gasteiger partial charge in [-0.15, -0.1) is 4.83 Å². The largest absolute Gasteiger partial charge is 0.355 e. The smallest absolute Gasteiger partial charge is 0.288 e. The quantitative estimate of drug-likeness (QED) is 0.662. The number of hydrogen-bond donors (Lipinski definition) is 2. The number of benzene rings is 2. The van der Waals surface area contributed by atoms with E-state index in [1.165, 1.54) is 6.07 Å². The van der Waals surface area contributed by atoms with Crippen LogP contribution >= 0.6 is 0 Å². The Bertz CT molecular complexity index is 1050. The molecular weight excluding hydrogens is 368 g/mol. The third-order valence-electron chi connectivity index (χ3n) is 3.28. The monoisotopic (exact) mass is 379 g/mol. The molecule has 0 saturated heterocycles. The minimum atomic E-state index is -4.44. The first-order chi connectivity index (χ1) is 12.4. The molecule has 0 atom stereocenters. The molecule has 0 unspecified atom stereocenters. The van der Waals surface area contributed by atoms with Gasteiger partial charge in [0.05, 0.1) is 0 Å². The number of nitrogens with zero attached hydrogens (tertiary/aromatic N) is 1. The molecular formula is C16H11F2N3O4S. The van der Waals surface area contributed by atoms with E-state index in [0.29, 0.717) is 17.4 Å². The summed E-state index contributed by atoms with van der Waals surface area (Å²) in [6.07, 6.45) is 0. The Balaban J connectivity index is 1.72. The Morgan fingerprint density at radius 3 is 2.46 bits per heavy atom. The van der Waals surface area contributed by atoms with E-state index in [-0.39, 0.29) is 5.69 Å². The standard InChI is InChI=1S/C16H11F2N3O4S/c17-11-6-7-15(12(18)8-11)26(23,24)21-19-16(22)13-9-14(25-20-13)10-4-2-1-3-5-10/h1-9,21H,(H,19,22). The first kappa shape index (κ1) is 17.7. The zero-order valence-corrected chi connectivity index (χ0v) is 13.8. The van der Waals surface area contributed by atoms with Crippen molar-refractivity contribution in [3.63, 3.8) is 0 Å². The molecule has 0 fully saturated rings. The average Bonchev–Trinajstić information content (AvgIpc) is 3.10. The number of hydrazine groups is 1. The molecule has 26 heavy (non-hydrogen) atoms. The van der Waals surface area contributed by atoms with Gasteiger partial charge < -0.3 is 4.52 Å². The fraction of sp³-hybridized carbons (Fsp3) is 0. The van der Waals surface area contributed by atoms with Crippen molar-refractivity contribution in [3.8, 4) is 11.3 Å². The van der Waals surface area contributed by atoms with E-state index >= 15 is 0 Å². The second kappa shape index (κ2) is 7.02. The zero-order chi connectivity index (χ0) is 18.7. The fourth-order valence-electron chi connectivity index (χ4n) is 2.05. The lowest BCUT2D eigenvalue weighted by molar-refractivity contribution is 0.0936. The minimum Gasteiger partial charge on any atom is -0.355 e. The Labute approximate surface area is 146 Å². The third-order valence-corrected chi connectivity index (χ3v) is 4.56.